The van der Waals surface area contributed by atoms with Crippen molar-refractivity contribution < 1.29 is 19.4 Å². The van der Waals surface area contributed by atoms with Gasteiger partial charge in [0.15, 0.2) is 17.3 Å². The number of fused-ring (bicyclic) bond motifs is 3. The van der Waals surface area contributed by atoms with Crippen LogP contribution in [-0.2, 0) is 21.5 Å². The van der Waals surface area contributed by atoms with Gasteiger partial charge in [0.25, 0.3) is 11.5 Å². The maximum Gasteiger partial charge on any atom is 0.279 e. The van der Waals surface area contributed by atoms with Crippen LogP contribution in [0, 0.1) is 6.92 Å². The standard InChI is InChI=1S/C35H38N8O5/c1-20-17-35(11-13-41(14-12-35)33(47)28-30(45)21(2)36-19-37-28)27-29(20)42(18-26(44)38-25-7-5-23(6-8-25)22-3-4-22)34-39-31(40-43(34)32(27)46)24-9-15-48-16-10-24/h5-9,19-20,22,45H,3-4,10-18H2,1-2H3,(H,38,44). The number of aromatic hydroxyl groups is 1. The molecule has 2 fully saturated rings. The summed E-state index contributed by atoms with van der Waals surface area (Å²) in [5.74, 6) is 0.595. The molecule has 1 atom stereocenters. The lowest BCUT2D eigenvalue weighted by Gasteiger charge is -2.39. The molecule has 1 spiro atoms. The number of nitrogens with one attached hydrogen (secondary N) is 1. The molecule has 4 aliphatic rings. The highest BCUT2D eigenvalue weighted by molar-refractivity contribution is 5.95. The lowest BCUT2D eigenvalue weighted by atomic mass is 9.73. The Morgan fingerprint density at radius 3 is 2.60 bits per heavy atom. The Hall–Kier alpha value is -4.91. The molecule has 2 N–H and O–H groups in total. The third-order valence-corrected chi connectivity index (χ3v) is 10.5. The molecule has 5 heterocycles. The molecule has 3 aromatic heterocycles. The first kappa shape index (κ1) is 30.4. The van der Waals surface area contributed by atoms with Gasteiger partial charge in [0.1, 0.15) is 12.9 Å². The first-order valence-electron chi connectivity index (χ1n) is 16.7. The lowest BCUT2D eigenvalue weighted by Crippen LogP contribution is -2.46. The molecule has 4 aromatic rings. The second-order valence-corrected chi connectivity index (χ2v) is 13.6. The average Bonchev–Trinajstić information content (AvgIpc) is 3.78. The van der Waals surface area contributed by atoms with Gasteiger partial charge in [-0.05, 0) is 80.6 Å². The number of aryl methyl sites for hydroxylation is 1. The van der Waals surface area contributed by atoms with Crippen molar-refractivity contribution in [3.63, 3.8) is 0 Å². The highest BCUT2D eigenvalue weighted by Gasteiger charge is 2.49. The molecule has 0 bridgehead atoms. The second-order valence-electron chi connectivity index (χ2n) is 13.6. The van der Waals surface area contributed by atoms with E-state index in [-0.39, 0.29) is 41.3 Å². The number of ether oxygens (including phenoxy) is 1. The maximum atomic E-state index is 14.4. The van der Waals surface area contributed by atoms with Crippen molar-refractivity contribution in [2.45, 2.75) is 76.2 Å². The molecule has 2 aliphatic heterocycles. The van der Waals surface area contributed by atoms with Gasteiger partial charge in [-0.15, -0.1) is 5.10 Å². The van der Waals surface area contributed by atoms with Crippen LogP contribution >= 0.6 is 0 Å². The highest BCUT2D eigenvalue weighted by atomic mass is 16.5. The van der Waals surface area contributed by atoms with Crippen molar-refractivity contribution in [1.29, 1.82) is 0 Å². The van der Waals surface area contributed by atoms with E-state index < -0.39 is 5.41 Å². The summed E-state index contributed by atoms with van der Waals surface area (Å²) in [6.45, 7) is 5.46. The number of hydrogen-bond donors (Lipinski definition) is 2. The van der Waals surface area contributed by atoms with Gasteiger partial charge in [-0.3, -0.25) is 14.4 Å². The molecule has 1 saturated heterocycles. The van der Waals surface area contributed by atoms with Crippen molar-refractivity contribution in [1.82, 2.24) is 34.0 Å². The predicted molar refractivity (Wildman–Crippen MR) is 176 cm³/mol. The lowest BCUT2D eigenvalue weighted by molar-refractivity contribution is -0.116. The average molecular weight is 651 g/mol. The molecule has 1 saturated carbocycles. The SMILES string of the molecule is Cc1ncnc(C(=O)N2CCC3(CC2)CC(C)c2c3c(=O)n3nc(C4=CCOCC4)nc3n2CC(=O)Nc2ccc(C3CC3)cc2)c1O. The molecular formula is C35H38N8O5. The van der Waals surface area contributed by atoms with Crippen LogP contribution in [0.15, 0.2) is 41.5 Å². The van der Waals surface area contributed by atoms with E-state index >= 15 is 0 Å². The zero-order valence-electron chi connectivity index (χ0n) is 27.1. The number of likely N-dealkylation sites (tertiary alicyclic amines) is 1. The van der Waals surface area contributed by atoms with E-state index in [1.165, 1.54) is 29.2 Å². The van der Waals surface area contributed by atoms with E-state index in [1.807, 2.05) is 22.8 Å². The Morgan fingerprint density at radius 2 is 1.90 bits per heavy atom. The number of piperidine rings is 1. The Kier molecular flexibility index (Phi) is 7.39. The maximum absolute atomic E-state index is 14.4. The first-order valence-corrected chi connectivity index (χ1v) is 16.7. The van der Waals surface area contributed by atoms with Gasteiger partial charge < -0.3 is 24.6 Å². The molecule has 1 aromatic carbocycles. The normalized spacial score (nSPS) is 20.2. The van der Waals surface area contributed by atoms with Crippen molar-refractivity contribution in [3.05, 3.63) is 81.1 Å². The Bertz CT molecular complexity index is 2040. The van der Waals surface area contributed by atoms with Crippen LogP contribution in [0.3, 0.4) is 0 Å². The van der Waals surface area contributed by atoms with Crippen LogP contribution in [0.1, 0.15) is 96.1 Å². The van der Waals surface area contributed by atoms with Gasteiger partial charge >= 0.3 is 0 Å². The zero-order chi connectivity index (χ0) is 33.2. The van der Waals surface area contributed by atoms with Crippen LogP contribution in [-0.4, -0.2) is 77.3 Å². The molecule has 248 valence electrons. The number of aromatic nitrogens is 6. The molecule has 13 nitrogen and oxygen atoms in total. The Balaban J connectivity index is 1.15. The molecule has 2 aliphatic carbocycles. The summed E-state index contributed by atoms with van der Waals surface area (Å²) in [7, 11) is 0. The van der Waals surface area contributed by atoms with Crippen LogP contribution in [0.25, 0.3) is 11.4 Å². The minimum Gasteiger partial charge on any atom is -0.504 e. The van der Waals surface area contributed by atoms with E-state index in [1.54, 1.807) is 11.8 Å². The molecule has 48 heavy (non-hydrogen) atoms. The van der Waals surface area contributed by atoms with Gasteiger partial charge in [-0.1, -0.05) is 25.1 Å². The summed E-state index contributed by atoms with van der Waals surface area (Å²) in [6.07, 6.45) is 8.06. The largest absolute Gasteiger partial charge is 0.504 e. The van der Waals surface area contributed by atoms with Crippen LogP contribution in [0.2, 0.25) is 0 Å². The predicted octanol–water partition coefficient (Wildman–Crippen LogP) is 3.70. The van der Waals surface area contributed by atoms with Crippen molar-refractivity contribution in [3.8, 4) is 5.75 Å². The van der Waals surface area contributed by atoms with Gasteiger partial charge in [0.2, 0.25) is 11.7 Å². The number of benzene rings is 1. The van der Waals surface area contributed by atoms with Gasteiger partial charge in [-0.2, -0.15) is 9.50 Å². The summed E-state index contributed by atoms with van der Waals surface area (Å²) in [6, 6.07) is 8.04. The summed E-state index contributed by atoms with van der Waals surface area (Å²) < 4.78 is 8.73. The van der Waals surface area contributed by atoms with E-state index in [0.29, 0.717) is 80.8 Å². The fourth-order valence-corrected chi connectivity index (χ4v) is 7.86. The van der Waals surface area contributed by atoms with Gasteiger partial charge in [0.05, 0.1) is 18.9 Å². The quantitative estimate of drug-likeness (QED) is 0.318. The van der Waals surface area contributed by atoms with E-state index in [0.717, 1.165) is 17.0 Å². The second kappa shape index (κ2) is 11.7. The van der Waals surface area contributed by atoms with Crippen molar-refractivity contribution >= 4 is 28.9 Å². The third kappa shape index (κ3) is 5.16. The number of anilines is 1. The minimum atomic E-state index is -0.513. The Labute approximate surface area is 276 Å². The summed E-state index contributed by atoms with van der Waals surface area (Å²) in [5, 5.41) is 18.2. The molecule has 1 unspecified atom stereocenters. The minimum absolute atomic E-state index is 0.0199. The zero-order valence-corrected chi connectivity index (χ0v) is 27.1. The molecule has 0 radical (unpaired) electrons. The van der Waals surface area contributed by atoms with Crippen LogP contribution in [0.5, 0.6) is 5.75 Å². The Morgan fingerprint density at radius 1 is 1.12 bits per heavy atom. The molecular weight excluding hydrogens is 612 g/mol. The fraction of sp³-hybridized carbons (Fsp3) is 0.457. The highest BCUT2D eigenvalue weighted by Crippen LogP contribution is 2.50. The van der Waals surface area contributed by atoms with Gasteiger partial charge in [0, 0.05) is 35.4 Å². The number of carbonyl (C=O) groups is 2. The van der Waals surface area contributed by atoms with Crippen molar-refractivity contribution in [2.24, 2.45) is 0 Å². The topological polar surface area (TPSA) is 157 Å². The molecule has 2 amide bonds. The summed E-state index contributed by atoms with van der Waals surface area (Å²) in [5.41, 5.74) is 3.95. The number of nitrogens with zero attached hydrogens (tertiary/aromatic N) is 7. The first-order chi connectivity index (χ1) is 23.2. The number of carbonyl (C=O) groups excluding carboxylic acids is 2. The smallest absolute Gasteiger partial charge is 0.279 e. The summed E-state index contributed by atoms with van der Waals surface area (Å²) >= 11 is 0. The molecule has 13 heteroatoms. The van der Waals surface area contributed by atoms with E-state index in [2.05, 4.69) is 34.3 Å². The number of hydrogen-bond acceptors (Lipinski definition) is 9. The van der Waals surface area contributed by atoms with Crippen LogP contribution in [0.4, 0.5) is 5.69 Å². The summed E-state index contributed by atoms with van der Waals surface area (Å²) in [4.78, 5) is 56.0. The number of rotatable bonds is 6. The monoisotopic (exact) mass is 650 g/mol. The van der Waals surface area contributed by atoms with Crippen LogP contribution < -0.4 is 10.9 Å². The molecule has 8 rings (SSSR count). The van der Waals surface area contributed by atoms with E-state index in [4.69, 9.17) is 14.8 Å². The van der Waals surface area contributed by atoms with E-state index in [9.17, 15) is 19.5 Å². The third-order valence-electron chi connectivity index (χ3n) is 10.5. The van der Waals surface area contributed by atoms with Gasteiger partial charge in [-0.25, -0.2) is 9.97 Å². The van der Waals surface area contributed by atoms with Crippen molar-refractivity contribution in [2.75, 3.05) is 31.6 Å². The number of amides is 2. The fourth-order valence-electron chi connectivity index (χ4n) is 7.86.